The van der Waals surface area contributed by atoms with Gasteiger partial charge in [-0.1, -0.05) is 0 Å². The Hall–Kier alpha value is -2.02. The lowest BCUT2D eigenvalue weighted by Gasteiger charge is -2.25. The first-order valence-corrected chi connectivity index (χ1v) is 7.77. The van der Waals surface area contributed by atoms with E-state index in [2.05, 4.69) is 5.32 Å². The number of nitrogens with zero attached hydrogens (tertiary/aromatic N) is 1. The lowest BCUT2D eigenvalue weighted by molar-refractivity contribution is -0.402. The molecule has 3 aliphatic rings. The number of rotatable bonds is 2. The van der Waals surface area contributed by atoms with E-state index in [4.69, 9.17) is 4.42 Å². The van der Waals surface area contributed by atoms with Gasteiger partial charge in [-0.05, 0) is 18.9 Å². The zero-order chi connectivity index (χ0) is 14.6. The summed E-state index contributed by atoms with van der Waals surface area (Å²) >= 11 is 1.70. The number of thioether (sulfide) groups is 1. The van der Waals surface area contributed by atoms with E-state index in [1.807, 2.05) is 0 Å². The Bertz CT molecular complexity index is 731. The Morgan fingerprint density at radius 3 is 2.90 bits per heavy atom. The highest BCUT2D eigenvalue weighted by atomic mass is 32.2. The van der Waals surface area contributed by atoms with E-state index >= 15 is 0 Å². The van der Waals surface area contributed by atoms with Gasteiger partial charge in [0.2, 0.25) is 0 Å². The fourth-order valence-corrected chi connectivity index (χ4v) is 4.43. The van der Waals surface area contributed by atoms with E-state index in [1.54, 1.807) is 17.8 Å². The van der Waals surface area contributed by atoms with Gasteiger partial charge >= 0.3 is 5.88 Å². The third kappa shape index (κ3) is 1.84. The minimum atomic E-state index is -0.548. The monoisotopic (exact) mass is 304 g/mol. The molecule has 1 aromatic rings. The van der Waals surface area contributed by atoms with E-state index in [0.717, 1.165) is 40.5 Å². The summed E-state index contributed by atoms with van der Waals surface area (Å²) in [5.74, 6) is 1.02. The van der Waals surface area contributed by atoms with Gasteiger partial charge in [0.1, 0.15) is 10.7 Å². The summed E-state index contributed by atoms with van der Waals surface area (Å²) < 4.78 is 5.39. The topological polar surface area (TPSA) is 85.4 Å². The summed E-state index contributed by atoms with van der Waals surface area (Å²) in [7, 11) is 0. The van der Waals surface area contributed by atoms with Crippen LogP contribution in [0.15, 0.2) is 38.4 Å². The molecule has 0 aromatic carbocycles. The van der Waals surface area contributed by atoms with Crippen molar-refractivity contribution in [2.75, 3.05) is 5.75 Å². The van der Waals surface area contributed by atoms with Crippen LogP contribution in [0.5, 0.6) is 0 Å². The molecule has 1 aliphatic carbocycles. The number of Topliss-reactive ketones (excluding diaryl/α,β-unsaturated/α-hetero) is 1. The van der Waals surface area contributed by atoms with Gasteiger partial charge in [-0.15, -0.1) is 11.8 Å². The first-order valence-electron chi connectivity index (χ1n) is 6.78. The molecule has 0 saturated carbocycles. The number of ketones is 1. The Kier molecular flexibility index (Phi) is 2.72. The fourth-order valence-electron chi connectivity index (χ4n) is 3.18. The van der Waals surface area contributed by atoms with Crippen LogP contribution in [0.3, 0.4) is 0 Å². The van der Waals surface area contributed by atoms with Crippen molar-refractivity contribution in [2.45, 2.75) is 25.2 Å². The van der Waals surface area contributed by atoms with Gasteiger partial charge in [0, 0.05) is 34.0 Å². The van der Waals surface area contributed by atoms with Gasteiger partial charge in [-0.25, -0.2) is 0 Å². The molecule has 1 atom stereocenters. The normalized spacial score (nSPS) is 24.2. The molecule has 6 nitrogen and oxygen atoms in total. The third-order valence-electron chi connectivity index (χ3n) is 4.06. The molecule has 7 heteroatoms. The lowest BCUT2D eigenvalue weighted by Crippen LogP contribution is -2.23. The number of hydrogen-bond donors (Lipinski definition) is 1. The van der Waals surface area contributed by atoms with Gasteiger partial charge < -0.3 is 9.73 Å². The van der Waals surface area contributed by atoms with Gasteiger partial charge in [-0.2, -0.15) is 0 Å². The van der Waals surface area contributed by atoms with Gasteiger partial charge in [-0.3, -0.25) is 14.9 Å². The molecule has 1 N–H and O–H groups in total. The van der Waals surface area contributed by atoms with Crippen LogP contribution in [0.2, 0.25) is 0 Å². The summed E-state index contributed by atoms with van der Waals surface area (Å²) in [6, 6.07) is 2.98. The quantitative estimate of drug-likeness (QED) is 0.668. The molecular weight excluding hydrogens is 292 g/mol. The average molecular weight is 304 g/mol. The summed E-state index contributed by atoms with van der Waals surface area (Å²) in [6.07, 6.45) is 2.15. The maximum Gasteiger partial charge on any atom is 0.433 e. The van der Waals surface area contributed by atoms with E-state index in [-0.39, 0.29) is 17.6 Å². The minimum Gasteiger partial charge on any atom is -0.405 e. The third-order valence-corrected chi connectivity index (χ3v) is 5.27. The van der Waals surface area contributed by atoms with Crippen LogP contribution < -0.4 is 5.32 Å². The number of nitro groups is 1. The van der Waals surface area contributed by atoms with E-state index in [9.17, 15) is 14.9 Å². The largest absolute Gasteiger partial charge is 0.433 e. The standard InChI is InChI=1S/C14H12N2O4S/c17-9-2-1-7-12(9)13(14-8(15-7)5-6-21-14)10-3-4-11(20-10)16(18)19/h3-4,13,15H,1-2,5-6H2. The Labute approximate surface area is 124 Å². The Balaban J connectivity index is 1.83. The van der Waals surface area contributed by atoms with Crippen molar-refractivity contribution in [3.63, 3.8) is 0 Å². The van der Waals surface area contributed by atoms with Crippen LogP contribution in [0, 0.1) is 10.1 Å². The summed E-state index contributed by atoms with van der Waals surface area (Å²) in [5.41, 5.74) is 2.83. The van der Waals surface area contributed by atoms with Crippen molar-refractivity contribution < 1.29 is 14.1 Å². The number of hydrogen-bond acceptors (Lipinski definition) is 6. The van der Waals surface area contributed by atoms with Crippen molar-refractivity contribution in [3.8, 4) is 0 Å². The van der Waals surface area contributed by atoms with Crippen molar-refractivity contribution in [1.29, 1.82) is 0 Å². The SMILES string of the molecule is O=C1CCC2=C1C(c1ccc([N+](=O)[O-])o1)C1=C(CCS1)N2. The fraction of sp³-hybridized carbons (Fsp3) is 0.357. The number of dihydropyridines is 1. The highest BCUT2D eigenvalue weighted by Crippen LogP contribution is 2.51. The number of nitrogens with one attached hydrogen (secondary N) is 1. The van der Waals surface area contributed by atoms with E-state index < -0.39 is 4.92 Å². The molecule has 21 heavy (non-hydrogen) atoms. The van der Waals surface area contributed by atoms with Gasteiger partial charge in [0.05, 0.1) is 12.0 Å². The highest BCUT2D eigenvalue weighted by Gasteiger charge is 2.41. The molecular formula is C14H12N2O4S. The molecule has 2 aliphatic heterocycles. The minimum absolute atomic E-state index is 0.112. The van der Waals surface area contributed by atoms with Gasteiger partial charge in [0.25, 0.3) is 0 Å². The molecule has 0 amide bonds. The zero-order valence-electron chi connectivity index (χ0n) is 11.0. The predicted molar refractivity (Wildman–Crippen MR) is 76.6 cm³/mol. The first kappa shape index (κ1) is 12.7. The molecule has 0 saturated heterocycles. The molecule has 0 bridgehead atoms. The molecule has 3 heterocycles. The Morgan fingerprint density at radius 2 is 2.14 bits per heavy atom. The van der Waals surface area contributed by atoms with Crippen molar-refractivity contribution >= 4 is 23.4 Å². The Morgan fingerprint density at radius 1 is 1.29 bits per heavy atom. The predicted octanol–water partition coefficient (Wildman–Crippen LogP) is 2.84. The maximum atomic E-state index is 12.2. The van der Waals surface area contributed by atoms with Crippen molar-refractivity contribution in [2.24, 2.45) is 0 Å². The first-order chi connectivity index (χ1) is 10.1. The van der Waals surface area contributed by atoms with Crippen LogP contribution in [-0.4, -0.2) is 16.5 Å². The maximum absolute atomic E-state index is 12.2. The smallest absolute Gasteiger partial charge is 0.405 e. The van der Waals surface area contributed by atoms with E-state index in [0.29, 0.717) is 12.2 Å². The number of furan rings is 1. The second-order valence-electron chi connectivity index (χ2n) is 5.25. The summed E-state index contributed by atoms with van der Waals surface area (Å²) in [6.45, 7) is 0. The summed E-state index contributed by atoms with van der Waals surface area (Å²) in [5, 5.41) is 14.2. The van der Waals surface area contributed by atoms with Crippen LogP contribution in [0.4, 0.5) is 5.88 Å². The second-order valence-corrected chi connectivity index (χ2v) is 6.38. The molecule has 0 fully saturated rings. The van der Waals surface area contributed by atoms with Crippen LogP contribution in [0.1, 0.15) is 30.9 Å². The van der Waals surface area contributed by atoms with Crippen LogP contribution >= 0.6 is 11.8 Å². The molecule has 4 rings (SSSR count). The van der Waals surface area contributed by atoms with E-state index in [1.165, 1.54) is 6.07 Å². The second kappa shape index (κ2) is 4.49. The average Bonchev–Trinajstić information content (AvgIpc) is 3.16. The number of allylic oxidation sites excluding steroid dienone is 4. The molecule has 0 radical (unpaired) electrons. The van der Waals surface area contributed by atoms with Crippen molar-refractivity contribution in [3.05, 3.63) is 49.9 Å². The summed E-state index contributed by atoms with van der Waals surface area (Å²) in [4.78, 5) is 23.6. The van der Waals surface area contributed by atoms with Crippen molar-refractivity contribution in [1.82, 2.24) is 5.32 Å². The zero-order valence-corrected chi connectivity index (χ0v) is 11.9. The molecule has 0 spiro atoms. The molecule has 1 aromatic heterocycles. The molecule has 108 valence electrons. The number of carbonyl (C=O) groups excluding carboxylic acids is 1. The van der Waals surface area contributed by atoms with Crippen LogP contribution in [-0.2, 0) is 4.79 Å². The molecule has 1 unspecified atom stereocenters. The van der Waals surface area contributed by atoms with Crippen LogP contribution in [0.25, 0.3) is 0 Å². The highest BCUT2D eigenvalue weighted by molar-refractivity contribution is 8.03. The number of carbonyl (C=O) groups is 1. The van der Waals surface area contributed by atoms with Gasteiger partial charge in [0.15, 0.2) is 5.78 Å². The lowest BCUT2D eigenvalue weighted by atomic mass is 9.90.